The number of anilines is 4. The molecule has 10 nitrogen and oxygen atoms in total. The highest BCUT2D eigenvalue weighted by Crippen LogP contribution is 2.41. The van der Waals surface area contributed by atoms with E-state index < -0.39 is 0 Å². The van der Waals surface area contributed by atoms with Crippen molar-refractivity contribution in [2.75, 3.05) is 35.4 Å². The molecule has 7 rings (SSSR count). The molecule has 2 unspecified atom stereocenters. The van der Waals surface area contributed by atoms with Crippen LogP contribution in [0.3, 0.4) is 0 Å². The van der Waals surface area contributed by atoms with Crippen LogP contribution in [0, 0.1) is 5.92 Å². The van der Waals surface area contributed by atoms with Gasteiger partial charge in [-0.15, -0.1) is 0 Å². The standard InChI is InChI=1S/C27H31ClN6O4/c1-33-22-5-4-15(8-19(22)23-24(26(33)36)38-7-6-21(31-23)14-2-3-14)30-25-20(28)11-29-27(32-25)34-16-9-18(35)10-17(34)13-37-12-16/h4-5,8,11,14,16-18,21,31,35H,2-3,6-7,9-10,12-13H2,1H3,(H,29,30,32)/t16-,17+,18?,21?. The van der Waals surface area contributed by atoms with Gasteiger partial charge in [0.25, 0.3) is 5.56 Å². The number of aliphatic hydroxyl groups excluding tert-OH is 1. The van der Waals surface area contributed by atoms with Crippen molar-refractivity contribution >= 4 is 45.6 Å². The summed E-state index contributed by atoms with van der Waals surface area (Å²) in [6.07, 6.45) is 5.81. The SMILES string of the molecule is Cn1c(=O)c2c(c3cc(Nc4nc(N5[C@@H]6COC[C@H]5CC(O)C6)ncc4Cl)ccc31)NC(C1CC1)CCO2. The molecule has 3 aromatic rings. The second-order valence-electron chi connectivity index (χ2n) is 10.9. The van der Waals surface area contributed by atoms with Gasteiger partial charge in [0, 0.05) is 30.6 Å². The molecule has 1 saturated carbocycles. The molecule has 5 heterocycles. The third-order valence-electron chi connectivity index (χ3n) is 8.27. The van der Waals surface area contributed by atoms with Gasteiger partial charge in [-0.25, -0.2) is 4.98 Å². The number of pyridine rings is 1. The van der Waals surface area contributed by atoms with Crippen molar-refractivity contribution in [2.24, 2.45) is 13.0 Å². The molecular weight excluding hydrogens is 508 g/mol. The van der Waals surface area contributed by atoms with Crippen molar-refractivity contribution < 1.29 is 14.6 Å². The molecule has 0 radical (unpaired) electrons. The molecule has 1 aliphatic carbocycles. The molecule has 0 amide bonds. The Hall–Kier alpha value is -3.08. The van der Waals surface area contributed by atoms with E-state index in [1.807, 2.05) is 18.2 Å². The number of aromatic nitrogens is 3. The largest absolute Gasteiger partial charge is 0.486 e. The number of halogens is 1. The van der Waals surface area contributed by atoms with E-state index in [1.165, 1.54) is 12.8 Å². The van der Waals surface area contributed by atoms with Crippen LogP contribution in [0.25, 0.3) is 10.9 Å². The first kappa shape index (κ1) is 24.0. The highest BCUT2D eigenvalue weighted by molar-refractivity contribution is 6.33. The molecule has 2 saturated heterocycles. The minimum absolute atomic E-state index is 0.0226. The van der Waals surface area contributed by atoms with Gasteiger partial charge < -0.3 is 34.7 Å². The topological polar surface area (TPSA) is 114 Å². The number of ether oxygens (including phenoxy) is 2. The fraction of sp³-hybridized carbons (Fsp3) is 0.519. The van der Waals surface area contributed by atoms with Gasteiger partial charge in [0.1, 0.15) is 5.02 Å². The number of nitrogens with zero attached hydrogens (tertiary/aromatic N) is 4. The Morgan fingerprint density at radius 3 is 2.74 bits per heavy atom. The first-order valence-electron chi connectivity index (χ1n) is 13.4. The summed E-state index contributed by atoms with van der Waals surface area (Å²) in [6, 6.07) is 6.21. The number of benzene rings is 1. The van der Waals surface area contributed by atoms with Crippen LogP contribution in [0.5, 0.6) is 5.75 Å². The number of hydrogen-bond acceptors (Lipinski definition) is 9. The summed E-state index contributed by atoms with van der Waals surface area (Å²) in [7, 11) is 1.77. The maximum Gasteiger partial charge on any atom is 0.295 e. The number of hydrogen-bond donors (Lipinski definition) is 3. The van der Waals surface area contributed by atoms with E-state index in [9.17, 15) is 9.90 Å². The van der Waals surface area contributed by atoms with Crippen LogP contribution in [0.2, 0.25) is 5.02 Å². The molecular formula is C27H31ClN6O4. The van der Waals surface area contributed by atoms with Crippen LogP contribution in [0.4, 0.5) is 23.1 Å². The lowest BCUT2D eigenvalue weighted by molar-refractivity contribution is 0.000353. The second kappa shape index (κ2) is 9.29. The molecule has 2 bridgehead atoms. The van der Waals surface area contributed by atoms with E-state index >= 15 is 0 Å². The first-order valence-corrected chi connectivity index (χ1v) is 13.7. The Balaban J connectivity index is 1.25. The van der Waals surface area contributed by atoms with E-state index in [4.69, 9.17) is 26.1 Å². The minimum Gasteiger partial charge on any atom is -0.486 e. The van der Waals surface area contributed by atoms with Gasteiger partial charge >= 0.3 is 0 Å². The average Bonchev–Trinajstić information content (AvgIpc) is 3.75. The maximum atomic E-state index is 13.1. The van der Waals surface area contributed by atoms with E-state index in [0.717, 1.165) is 28.7 Å². The third kappa shape index (κ3) is 4.15. The summed E-state index contributed by atoms with van der Waals surface area (Å²) >= 11 is 6.54. The second-order valence-corrected chi connectivity index (χ2v) is 11.3. The van der Waals surface area contributed by atoms with Crippen molar-refractivity contribution in [3.05, 3.63) is 39.8 Å². The van der Waals surface area contributed by atoms with Gasteiger partial charge in [0.15, 0.2) is 5.82 Å². The molecule has 1 aromatic carbocycles. The summed E-state index contributed by atoms with van der Waals surface area (Å²) in [6.45, 7) is 1.60. The summed E-state index contributed by atoms with van der Waals surface area (Å²) in [4.78, 5) is 24.6. The van der Waals surface area contributed by atoms with Crippen molar-refractivity contribution in [2.45, 2.75) is 56.3 Å². The molecule has 38 heavy (non-hydrogen) atoms. The lowest BCUT2D eigenvalue weighted by Crippen LogP contribution is -2.59. The van der Waals surface area contributed by atoms with E-state index in [-0.39, 0.29) is 23.7 Å². The number of rotatable bonds is 4. The van der Waals surface area contributed by atoms with Gasteiger partial charge in [-0.2, -0.15) is 4.98 Å². The van der Waals surface area contributed by atoms with E-state index in [1.54, 1.807) is 17.8 Å². The molecule has 11 heteroatoms. The summed E-state index contributed by atoms with van der Waals surface area (Å²) in [5.74, 6) is 2.08. The predicted octanol–water partition coefficient (Wildman–Crippen LogP) is 3.43. The molecule has 4 aliphatic rings. The minimum atomic E-state index is -0.337. The predicted molar refractivity (Wildman–Crippen MR) is 146 cm³/mol. The smallest absolute Gasteiger partial charge is 0.295 e. The van der Waals surface area contributed by atoms with Gasteiger partial charge in [-0.05, 0) is 49.8 Å². The third-order valence-corrected chi connectivity index (χ3v) is 8.55. The zero-order chi connectivity index (χ0) is 26.0. The van der Waals surface area contributed by atoms with Gasteiger partial charge in [0.2, 0.25) is 11.7 Å². The zero-order valence-corrected chi connectivity index (χ0v) is 21.9. The summed E-state index contributed by atoms with van der Waals surface area (Å²) in [5.41, 5.74) is 2.23. The molecule has 200 valence electrons. The van der Waals surface area contributed by atoms with Crippen LogP contribution in [-0.2, 0) is 11.8 Å². The number of aryl methyl sites for hydroxylation is 1. The normalized spacial score (nSPS) is 26.8. The van der Waals surface area contributed by atoms with Gasteiger partial charge in [0.05, 0.1) is 55.4 Å². The van der Waals surface area contributed by atoms with Crippen LogP contribution in [-0.4, -0.2) is 63.7 Å². The lowest BCUT2D eigenvalue weighted by atomic mass is 9.92. The maximum absolute atomic E-state index is 13.1. The van der Waals surface area contributed by atoms with E-state index in [2.05, 4.69) is 20.5 Å². The van der Waals surface area contributed by atoms with Crippen LogP contribution in [0.15, 0.2) is 29.2 Å². The average molecular weight is 539 g/mol. The van der Waals surface area contributed by atoms with Crippen molar-refractivity contribution in [3.8, 4) is 5.75 Å². The molecule has 0 spiro atoms. The monoisotopic (exact) mass is 538 g/mol. The Bertz CT molecular complexity index is 1450. The number of piperidine rings is 1. The van der Waals surface area contributed by atoms with E-state index in [0.29, 0.717) is 67.2 Å². The Kier molecular flexibility index (Phi) is 5.86. The van der Waals surface area contributed by atoms with Crippen molar-refractivity contribution in [1.29, 1.82) is 0 Å². The highest BCUT2D eigenvalue weighted by Gasteiger charge is 2.40. The lowest BCUT2D eigenvalue weighted by Gasteiger charge is -2.47. The Morgan fingerprint density at radius 2 is 1.97 bits per heavy atom. The first-order chi connectivity index (χ1) is 18.5. The number of aliphatic hydroxyl groups is 1. The fourth-order valence-electron chi connectivity index (χ4n) is 6.19. The number of nitrogens with one attached hydrogen (secondary N) is 2. The molecule has 3 aliphatic heterocycles. The van der Waals surface area contributed by atoms with Crippen molar-refractivity contribution in [3.63, 3.8) is 0 Å². The molecule has 4 atom stereocenters. The molecule has 3 N–H and O–H groups in total. The fourth-order valence-corrected chi connectivity index (χ4v) is 6.33. The summed E-state index contributed by atoms with van der Waals surface area (Å²) < 4.78 is 13.4. The van der Waals surface area contributed by atoms with Crippen LogP contribution < -0.4 is 25.8 Å². The Morgan fingerprint density at radius 1 is 1.18 bits per heavy atom. The van der Waals surface area contributed by atoms with Crippen LogP contribution >= 0.6 is 11.6 Å². The number of morpholine rings is 1. The molecule has 3 fully saturated rings. The number of fused-ring (bicyclic) bond motifs is 5. The van der Waals surface area contributed by atoms with Gasteiger partial charge in [-0.1, -0.05) is 11.6 Å². The van der Waals surface area contributed by atoms with Crippen LogP contribution in [0.1, 0.15) is 32.1 Å². The Labute approximate surface area is 224 Å². The summed E-state index contributed by atoms with van der Waals surface area (Å²) in [5, 5.41) is 18.6. The highest BCUT2D eigenvalue weighted by atomic mass is 35.5. The zero-order valence-electron chi connectivity index (χ0n) is 21.2. The van der Waals surface area contributed by atoms with Crippen molar-refractivity contribution in [1.82, 2.24) is 14.5 Å². The quantitative estimate of drug-likeness (QED) is 0.459. The molecule has 2 aromatic heterocycles. The van der Waals surface area contributed by atoms with Gasteiger partial charge in [-0.3, -0.25) is 4.79 Å².